The number of ether oxygens (including phenoxy) is 2. The van der Waals surface area contributed by atoms with Crippen molar-refractivity contribution in [2.75, 3.05) is 19.5 Å². The molecule has 1 aromatic heterocycles. The fourth-order valence-corrected chi connectivity index (χ4v) is 3.62. The summed E-state index contributed by atoms with van der Waals surface area (Å²) in [4.78, 5) is 12.8. The highest BCUT2D eigenvalue weighted by molar-refractivity contribution is 6.03. The van der Waals surface area contributed by atoms with Gasteiger partial charge in [-0.1, -0.05) is 13.0 Å². The lowest BCUT2D eigenvalue weighted by Crippen LogP contribution is -2.19. The van der Waals surface area contributed by atoms with E-state index in [2.05, 4.69) is 12.2 Å². The maximum Gasteiger partial charge on any atom is 0.168 e. The van der Waals surface area contributed by atoms with Gasteiger partial charge >= 0.3 is 0 Å². The van der Waals surface area contributed by atoms with Crippen LogP contribution in [-0.2, 0) is 6.42 Å². The van der Waals surface area contributed by atoms with E-state index in [1.54, 1.807) is 14.2 Å². The van der Waals surface area contributed by atoms with Gasteiger partial charge in [0.25, 0.3) is 0 Å². The fraction of sp³-hybridized carbons (Fsp3) is 0.273. The molecule has 0 bridgehead atoms. The first kappa shape index (κ1) is 18.1. The lowest BCUT2D eigenvalue weighted by Gasteiger charge is -2.19. The van der Waals surface area contributed by atoms with Crippen molar-refractivity contribution in [2.45, 2.75) is 19.8 Å². The summed E-state index contributed by atoms with van der Waals surface area (Å²) in [6.07, 6.45) is 1.34. The second kappa shape index (κ2) is 7.38. The monoisotopic (exact) mass is 377 g/mol. The largest absolute Gasteiger partial charge is 0.497 e. The molecule has 0 spiro atoms. The SMILES string of the molecule is COc1ccc(-n2nc(Nc3cccc(OC)c3)c3c2C[C@H](C)CC3=O)cc1. The van der Waals surface area contributed by atoms with Crippen LogP contribution in [0.15, 0.2) is 48.5 Å². The van der Waals surface area contributed by atoms with Crippen LogP contribution in [0.4, 0.5) is 11.5 Å². The molecule has 1 heterocycles. The number of fused-ring (bicyclic) bond motifs is 1. The van der Waals surface area contributed by atoms with E-state index in [0.717, 1.165) is 35.0 Å². The van der Waals surface area contributed by atoms with Gasteiger partial charge in [-0.25, -0.2) is 4.68 Å². The molecule has 1 N–H and O–H groups in total. The molecule has 2 aromatic carbocycles. The standard InChI is InChI=1S/C22H23N3O3/c1-14-11-19-21(20(26)12-14)22(23-15-5-4-6-18(13-15)28-3)24-25(19)16-7-9-17(27-2)10-8-16/h4-10,13-14H,11-12H2,1-3H3,(H,23,24)/t14-/m0/s1. The molecule has 0 saturated heterocycles. The molecule has 0 amide bonds. The van der Waals surface area contributed by atoms with Crippen LogP contribution in [0.5, 0.6) is 11.5 Å². The van der Waals surface area contributed by atoms with Crippen molar-refractivity contribution in [2.24, 2.45) is 5.92 Å². The number of hydrogen-bond acceptors (Lipinski definition) is 5. The zero-order valence-corrected chi connectivity index (χ0v) is 16.2. The van der Waals surface area contributed by atoms with Crippen LogP contribution in [0.1, 0.15) is 29.4 Å². The minimum Gasteiger partial charge on any atom is -0.497 e. The maximum atomic E-state index is 12.8. The van der Waals surface area contributed by atoms with Crippen LogP contribution in [-0.4, -0.2) is 29.8 Å². The molecule has 6 heteroatoms. The second-order valence-electron chi connectivity index (χ2n) is 7.07. The molecule has 6 nitrogen and oxygen atoms in total. The van der Waals surface area contributed by atoms with Crippen molar-refractivity contribution in [3.63, 3.8) is 0 Å². The molecule has 0 radical (unpaired) electrons. The Bertz CT molecular complexity index is 1010. The second-order valence-corrected chi connectivity index (χ2v) is 7.07. The van der Waals surface area contributed by atoms with Crippen molar-refractivity contribution in [1.82, 2.24) is 9.78 Å². The average molecular weight is 377 g/mol. The molecule has 1 aliphatic rings. The predicted octanol–water partition coefficient (Wildman–Crippen LogP) is 4.40. The van der Waals surface area contributed by atoms with Crippen LogP contribution in [0.3, 0.4) is 0 Å². The van der Waals surface area contributed by atoms with Gasteiger partial charge in [0.05, 0.1) is 31.2 Å². The molecule has 0 fully saturated rings. The van der Waals surface area contributed by atoms with E-state index in [0.29, 0.717) is 23.7 Å². The van der Waals surface area contributed by atoms with Gasteiger partial charge in [0.1, 0.15) is 11.5 Å². The number of hydrogen-bond donors (Lipinski definition) is 1. The number of benzene rings is 2. The Balaban J connectivity index is 1.79. The lowest BCUT2D eigenvalue weighted by atomic mass is 9.87. The molecule has 144 valence electrons. The predicted molar refractivity (Wildman–Crippen MR) is 108 cm³/mol. The van der Waals surface area contributed by atoms with Crippen molar-refractivity contribution >= 4 is 17.3 Å². The number of anilines is 2. The van der Waals surface area contributed by atoms with Crippen molar-refractivity contribution in [3.8, 4) is 17.2 Å². The van der Waals surface area contributed by atoms with E-state index in [4.69, 9.17) is 14.6 Å². The number of methoxy groups -OCH3 is 2. The van der Waals surface area contributed by atoms with Gasteiger partial charge in [-0.3, -0.25) is 4.79 Å². The number of ketones is 1. The number of Topliss-reactive ketones (excluding diaryl/α,β-unsaturated/α-hetero) is 1. The lowest BCUT2D eigenvalue weighted by molar-refractivity contribution is 0.0953. The number of nitrogens with one attached hydrogen (secondary N) is 1. The molecule has 0 aliphatic heterocycles. The molecule has 28 heavy (non-hydrogen) atoms. The van der Waals surface area contributed by atoms with E-state index >= 15 is 0 Å². The number of nitrogens with zero attached hydrogens (tertiary/aromatic N) is 2. The van der Waals surface area contributed by atoms with Crippen LogP contribution in [0.2, 0.25) is 0 Å². The summed E-state index contributed by atoms with van der Waals surface area (Å²) in [6, 6.07) is 15.3. The number of aromatic nitrogens is 2. The summed E-state index contributed by atoms with van der Waals surface area (Å²) in [7, 11) is 3.27. The van der Waals surface area contributed by atoms with E-state index in [-0.39, 0.29) is 5.78 Å². The third kappa shape index (κ3) is 3.33. The Labute approximate surface area is 164 Å². The highest BCUT2D eigenvalue weighted by Crippen LogP contribution is 2.34. The number of rotatable bonds is 5. The smallest absolute Gasteiger partial charge is 0.168 e. The molecule has 1 atom stereocenters. The number of carbonyl (C=O) groups excluding carboxylic acids is 1. The third-order valence-corrected chi connectivity index (χ3v) is 4.99. The number of carbonyl (C=O) groups is 1. The molecule has 3 aromatic rings. The van der Waals surface area contributed by atoms with Gasteiger partial charge in [-0.05, 0) is 48.7 Å². The van der Waals surface area contributed by atoms with Crippen molar-refractivity contribution < 1.29 is 14.3 Å². The van der Waals surface area contributed by atoms with Crippen LogP contribution >= 0.6 is 0 Å². The summed E-state index contributed by atoms with van der Waals surface area (Å²) in [5.41, 5.74) is 3.35. The van der Waals surface area contributed by atoms with Crippen LogP contribution < -0.4 is 14.8 Å². The van der Waals surface area contributed by atoms with E-state index in [9.17, 15) is 4.79 Å². The van der Waals surface area contributed by atoms with Crippen LogP contribution in [0.25, 0.3) is 5.69 Å². The van der Waals surface area contributed by atoms with Crippen LogP contribution in [0, 0.1) is 5.92 Å². The summed E-state index contributed by atoms with van der Waals surface area (Å²) in [6.45, 7) is 2.10. The molecule has 1 aliphatic carbocycles. The summed E-state index contributed by atoms with van der Waals surface area (Å²) < 4.78 is 12.4. The van der Waals surface area contributed by atoms with Gasteiger partial charge in [0, 0.05) is 18.2 Å². The van der Waals surface area contributed by atoms with Gasteiger partial charge in [0.15, 0.2) is 11.6 Å². The fourth-order valence-electron chi connectivity index (χ4n) is 3.62. The molecular formula is C22H23N3O3. The Hall–Kier alpha value is -3.28. The highest BCUT2D eigenvalue weighted by atomic mass is 16.5. The molecule has 0 unspecified atom stereocenters. The third-order valence-electron chi connectivity index (χ3n) is 4.99. The Kier molecular flexibility index (Phi) is 4.77. The summed E-state index contributed by atoms with van der Waals surface area (Å²) in [5, 5.41) is 8.06. The van der Waals surface area contributed by atoms with Crippen molar-refractivity contribution in [1.29, 1.82) is 0 Å². The summed E-state index contributed by atoms with van der Waals surface area (Å²) >= 11 is 0. The minimum atomic E-state index is 0.124. The molecule has 0 saturated carbocycles. The zero-order chi connectivity index (χ0) is 19.7. The van der Waals surface area contributed by atoms with Gasteiger partial charge in [0.2, 0.25) is 0 Å². The normalized spacial score (nSPS) is 15.8. The topological polar surface area (TPSA) is 65.4 Å². The first-order valence-corrected chi connectivity index (χ1v) is 9.29. The highest BCUT2D eigenvalue weighted by Gasteiger charge is 2.31. The van der Waals surface area contributed by atoms with Gasteiger partial charge < -0.3 is 14.8 Å². The molecular weight excluding hydrogens is 354 g/mol. The van der Waals surface area contributed by atoms with Crippen molar-refractivity contribution in [3.05, 3.63) is 59.8 Å². The zero-order valence-electron chi connectivity index (χ0n) is 16.2. The first-order valence-electron chi connectivity index (χ1n) is 9.29. The Morgan fingerprint density at radius 3 is 2.50 bits per heavy atom. The Morgan fingerprint density at radius 2 is 1.79 bits per heavy atom. The Morgan fingerprint density at radius 1 is 1.04 bits per heavy atom. The van der Waals surface area contributed by atoms with Gasteiger partial charge in [-0.15, -0.1) is 5.10 Å². The minimum absolute atomic E-state index is 0.124. The summed E-state index contributed by atoms with van der Waals surface area (Å²) in [5.74, 6) is 2.52. The average Bonchev–Trinajstić information content (AvgIpc) is 3.06. The quantitative estimate of drug-likeness (QED) is 0.714. The van der Waals surface area contributed by atoms with E-state index in [1.165, 1.54) is 0 Å². The first-order chi connectivity index (χ1) is 13.6. The maximum absolute atomic E-state index is 12.8. The molecule has 4 rings (SSSR count). The van der Waals surface area contributed by atoms with Gasteiger partial charge in [-0.2, -0.15) is 0 Å². The van der Waals surface area contributed by atoms with E-state index < -0.39 is 0 Å². The van der Waals surface area contributed by atoms with E-state index in [1.807, 2.05) is 53.2 Å².